The molecule has 0 unspecified atom stereocenters. The van der Waals surface area contributed by atoms with Crippen LogP contribution < -0.4 is 10.6 Å². The summed E-state index contributed by atoms with van der Waals surface area (Å²) in [6.45, 7) is 2.07. The zero-order chi connectivity index (χ0) is 16.9. The van der Waals surface area contributed by atoms with E-state index in [0.29, 0.717) is 29.7 Å². The third-order valence-electron chi connectivity index (χ3n) is 3.48. The first-order valence-corrected chi connectivity index (χ1v) is 7.83. The van der Waals surface area contributed by atoms with Gasteiger partial charge in [-0.1, -0.05) is 0 Å². The second-order valence-corrected chi connectivity index (χ2v) is 5.46. The van der Waals surface area contributed by atoms with Crippen LogP contribution in [0.5, 0.6) is 0 Å². The summed E-state index contributed by atoms with van der Waals surface area (Å²) >= 11 is 0. The Kier molecular flexibility index (Phi) is 4.69. The molecule has 0 saturated heterocycles. The van der Waals surface area contributed by atoms with Crippen LogP contribution >= 0.6 is 0 Å². The Morgan fingerprint density at radius 3 is 2.62 bits per heavy atom. The van der Waals surface area contributed by atoms with E-state index in [1.807, 2.05) is 0 Å². The zero-order valence-corrected chi connectivity index (χ0v) is 13.3. The number of nitrogens with zero attached hydrogens (tertiary/aromatic N) is 2. The highest BCUT2D eigenvalue weighted by atomic mass is 16.5. The van der Waals surface area contributed by atoms with Gasteiger partial charge in [0.2, 0.25) is 0 Å². The number of esters is 1. The molecule has 24 heavy (non-hydrogen) atoms. The minimum absolute atomic E-state index is 0.280. The number of benzene rings is 1. The van der Waals surface area contributed by atoms with Crippen LogP contribution in [0.1, 0.15) is 40.6 Å². The van der Waals surface area contributed by atoms with E-state index < -0.39 is 0 Å². The molecule has 1 saturated carbocycles. The number of rotatable bonds is 6. The highest BCUT2D eigenvalue weighted by Crippen LogP contribution is 2.23. The number of hydrogen-bond donors (Lipinski definition) is 2. The zero-order valence-electron chi connectivity index (χ0n) is 13.3. The molecule has 7 nitrogen and oxygen atoms in total. The predicted octanol–water partition coefficient (Wildman–Crippen LogP) is 2.48. The fourth-order valence-electron chi connectivity index (χ4n) is 2.10. The molecule has 2 aromatic rings. The molecule has 124 valence electrons. The van der Waals surface area contributed by atoms with Crippen LogP contribution in [0.2, 0.25) is 0 Å². The van der Waals surface area contributed by atoms with E-state index in [0.717, 1.165) is 12.8 Å². The second-order valence-electron chi connectivity index (χ2n) is 5.46. The molecule has 1 aliphatic rings. The van der Waals surface area contributed by atoms with E-state index in [-0.39, 0.29) is 17.6 Å². The molecular formula is C17H18N4O3. The Morgan fingerprint density at radius 2 is 1.96 bits per heavy atom. The fraction of sp³-hybridized carbons (Fsp3) is 0.294. The number of ether oxygens (including phenoxy) is 1. The molecule has 3 rings (SSSR count). The lowest BCUT2D eigenvalue weighted by Crippen LogP contribution is -2.15. The molecule has 2 N–H and O–H groups in total. The topological polar surface area (TPSA) is 93.2 Å². The van der Waals surface area contributed by atoms with Gasteiger partial charge in [-0.2, -0.15) is 0 Å². The summed E-state index contributed by atoms with van der Waals surface area (Å²) in [6, 6.07) is 8.58. The molecule has 0 atom stereocenters. The molecule has 1 aromatic carbocycles. The van der Waals surface area contributed by atoms with Gasteiger partial charge < -0.3 is 15.4 Å². The molecule has 1 aromatic heterocycles. The molecule has 1 fully saturated rings. The van der Waals surface area contributed by atoms with E-state index in [4.69, 9.17) is 4.74 Å². The number of aromatic nitrogens is 2. The van der Waals surface area contributed by atoms with Crippen LogP contribution in [0.25, 0.3) is 0 Å². The maximum Gasteiger partial charge on any atom is 0.338 e. The first kappa shape index (κ1) is 15.9. The highest BCUT2D eigenvalue weighted by molar-refractivity contribution is 6.03. The van der Waals surface area contributed by atoms with Crippen LogP contribution in [0.3, 0.4) is 0 Å². The average molecular weight is 326 g/mol. The van der Waals surface area contributed by atoms with Gasteiger partial charge in [-0.05, 0) is 44.0 Å². The molecule has 0 spiro atoms. The smallest absolute Gasteiger partial charge is 0.338 e. The Bertz CT molecular complexity index is 742. The molecule has 1 amide bonds. The third kappa shape index (κ3) is 4.07. The van der Waals surface area contributed by atoms with Crippen LogP contribution in [-0.2, 0) is 4.74 Å². The summed E-state index contributed by atoms with van der Waals surface area (Å²) in [6.07, 6.45) is 3.61. The van der Waals surface area contributed by atoms with Crippen LogP contribution in [-0.4, -0.2) is 34.5 Å². The van der Waals surface area contributed by atoms with Crippen molar-refractivity contribution in [3.8, 4) is 0 Å². The van der Waals surface area contributed by atoms with Gasteiger partial charge in [0, 0.05) is 17.8 Å². The van der Waals surface area contributed by atoms with Gasteiger partial charge in [0.1, 0.15) is 17.8 Å². The summed E-state index contributed by atoms with van der Waals surface area (Å²) in [5.41, 5.74) is 1.29. The maximum atomic E-state index is 12.3. The largest absolute Gasteiger partial charge is 0.462 e. The SMILES string of the molecule is CCOC(=O)c1ccc(NC(=O)c2cc(NC3CC3)ncn2)cc1. The summed E-state index contributed by atoms with van der Waals surface area (Å²) < 4.78 is 4.92. The average Bonchev–Trinajstić information content (AvgIpc) is 3.40. The first-order chi connectivity index (χ1) is 11.7. The number of amides is 1. The molecule has 0 bridgehead atoms. The first-order valence-electron chi connectivity index (χ1n) is 7.83. The van der Waals surface area contributed by atoms with Crippen molar-refractivity contribution in [2.45, 2.75) is 25.8 Å². The van der Waals surface area contributed by atoms with Gasteiger partial charge in [0.25, 0.3) is 5.91 Å². The standard InChI is InChI=1S/C17H18N4O3/c1-2-24-17(23)11-3-5-13(6-4-11)21-16(22)14-9-15(19-10-18-14)20-12-7-8-12/h3-6,9-10,12H,2,7-8H2,1H3,(H,21,22)(H,18,19,20). The maximum absolute atomic E-state index is 12.3. The summed E-state index contributed by atoms with van der Waals surface area (Å²) in [5.74, 6) is -0.0718. The van der Waals surface area contributed by atoms with Crippen LogP contribution in [0.15, 0.2) is 36.7 Å². The fourth-order valence-corrected chi connectivity index (χ4v) is 2.10. The van der Waals surface area contributed by atoms with Gasteiger partial charge in [0.05, 0.1) is 12.2 Å². The number of anilines is 2. The van der Waals surface area contributed by atoms with Crippen LogP contribution in [0.4, 0.5) is 11.5 Å². The second kappa shape index (κ2) is 7.08. The Labute approximate surface area is 139 Å². The van der Waals surface area contributed by atoms with Crippen molar-refractivity contribution in [1.82, 2.24) is 9.97 Å². The van der Waals surface area contributed by atoms with E-state index in [1.54, 1.807) is 37.3 Å². The van der Waals surface area contributed by atoms with E-state index in [9.17, 15) is 9.59 Å². The Hall–Kier alpha value is -2.96. The lowest BCUT2D eigenvalue weighted by atomic mass is 10.2. The van der Waals surface area contributed by atoms with Crippen molar-refractivity contribution in [3.05, 3.63) is 47.9 Å². The number of hydrogen-bond acceptors (Lipinski definition) is 6. The van der Waals surface area contributed by atoms with E-state index >= 15 is 0 Å². The van der Waals surface area contributed by atoms with Crippen LogP contribution in [0, 0.1) is 0 Å². The van der Waals surface area contributed by atoms with E-state index in [1.165, 1.54) is 6.33 Å². The molecule has 1 heterocycles. The number of carbonyl (C=O) groups excluding carboxylic acids is 2. The quantitative estimate of drug-likeness (QED) is 0.792. The monoisotopic (exact) mass is 326 g/mol. The number of nitrogens with one attached hydrogen (secondary N) is 2. The van der Waals surface area contributed by atoms with E-state index in [2.05, 4.69) is 20.6 Å². The number of carbonyl (C=O) groups is 2. The predicted molar refractivity (Wildman–Crippen MR) is 89.0 cm³/mol. The minimum atomic E-state index is -0.387. The minimum Gasteiger partial charge on any atom is -0.462 e. The molecule has 0 radical (unpaired) electrons. The lowest BCUT2D eigenvalue weighted by molar-refractivity contribution is 0.0526. The van der Waals surface area contributed by atoms with Gasteiger partial charge in [-0.3, -0.25) is 4.79 Å². The molecule has 7 heteroatoms. The molecule has 0 aliphatic heterocycles. The third-order valence-corrected chi connectivity index (χ3v) is 3.48. The highest BCUT2D eigenvalue weighted by Gasteiger charge is 2.21. The van der Waals surface area contributed by atoms with Crippen molar-refractivity contribution >= 4 is 23.4 Å². The van der Waals surface area contributed by atoms with Gasteiger partial charge >= 0.3 is 5.97 Å². The van der Waals surface area contributed by atoms with Gasteiger partial charge in [0.15, 0.2) is 0 Å². The summed E-state index contributed by atoms with van der Waals surface area (Å²) in [5, 5.41) is 5.97. The van der Waals surface area contributed by atoms with Crippen molar-refractivity contribution in [2.75, 3.05) is 17.2 Å². The van der Waals surface area contributed by atoms with Crippen molar-refractivity contribution in [3.63, 3.8) is 0 Å². The van der Waals surface area contributed by atoms with Gasteiger partial charge in [-0.25, -0.2) is 14.8 Å². The Balaban J connectivity index is 1.64. The summed E-state index contributed by atoms with van der Waals surface area (Å²) in [4.78, 5) is 32.0. The summed E-state index contributed by atoms with van der Waals surface area (Å²) in [7, 11) is 0. The van der Waals surface area contributed by atoms with Crippen molar-refractivity contribution in [2.24, 2.45) is 0 Å². The molecule has 1 aliphatic carbocycles. The van der Waals surface area contributed by atoms with Crippen molar-refractivity contribution < 1.29 is 14.3 Å². The Morgan fingerprint density at radius 1 is 1.21 bits per heavy atom. The van der Waals surface area contributed by atoms with Crippen molar-refractivity contribution in [1.29, 1.82) is 0 Å². The molecular weight excluding hydrogens is 308 g/mol. The lowest BCUT2D eigenvalue weighted by Gasteiger charge is -2.07. The normalized spacial score (nSPS) is 13.2. The van der Waals surface area contributed by atoms with Gasteiger partial charge in [-0.15, -0.1) is 0 Å².